The number of amides is 1. The lowest BCUT2D eigenvalue weighted by atomic mass is 10.1. The molecular weight excluding hydrogens is 320 g/mol. The third-order valence-electron chi connectivity index (χ3n) is 4.40. The second-order valence-corrected chi connectivity index (χ2v) is 6.46. The van der Waals surface area contributed by atoms with Crippen LogP contribution in [0.15, 0.2) is 29.1 Å². The van der Waals surface area contributed by atoms with Crippen LogP contribution < -0.4 is 4.90 Å². The van der Waals surface area contributed by atoms with Crippen LogP contribution in [0, 0.1) is 6.92 Å². The second kappa shape index (κ2) is 7.65. The molecule has 1 aliphatic heterocycles. The van der Waals surface area contributed by atoms with Crippen LogP contribution in [-0.2, 0) is 11.2 Å². The van der Waals surface area contributed by atoms with Crippen LogP contribution in [0.1, 0.15) is 28.2 Å². The minimum absolute atomic E-state index is 0.0286. The fraction of sp³-hybridized carbons (Fsp3) is 0.500. The molecule has 0 spiro atoms. The standard InChI is InChI=1S/C18H24N4O3/c1-13-17(20-12-25-13)18(23)22-8-9-24-15(11-22)5-4-14-6-7-19-16(10-14)21(2)3/h6-7,10,12,15H,4-5,8-9,11H2,1-3H3/t15-/m0/s1. The third kappa shape index (κ3) is 4.17. The highest BCUT2D eigenvalue weighted by Crippen LogP contribution is 2.17. The molecule has 25 heavy (non-hydrogen) atoms. The molecule has 0 saturated carbocycles. The Morgan fingerprint density at radius 3 is 2.96 bits per heavy atom. The van der Waals surface area contributed by atoms with E-state index in [1.807, 2.05) is 31.3 Å². The lowest BCUT2D eigenvalue weighted by Crippen LogP contribution is -2.46. The van der Waals surface area contributed by atoms with Crippen molar-refractivity contribution in [2.75, 3.05) is 38.7 Å². The minimum Gasteiger partial charge on any atom is -0.448 e. The van der Waals surface area contributed by atoms with E-state index in [1.165, 1.54) is 12.0 Å². The molecule has 1 amide bonds. The number of carbonyl (C=O) groups is 1. The third-order valence-corrected chi connectivity index (χ3v) is 4.40. The van der Waals surface area contributed by atoms with Crippen LogP contribution in [0.3, 0.4) is 0 Å². The molecule has 3 rings (SSSR count). The molecule has 1 atom stereocenters. The number of carbonyl (C=O) groups excluding carboxylic acids is 1. The number of hydrogen-bond donors (Lipinski definition) is 0. The molecular formula is C18H24N4O3. The van der Waals surface area contributed by atoms with Crippen molar-refractivity contribution >= 4 is 11.7 Å². The first-order chi connectivity index (χ1) is 12.0. The fourth-order valence-electron chi connectivity index (χ4n) is 2.93. The molecule has 1 aliphatic rings. The molecule has 3 heterocycles. The summed E-state index contributed by atoms with van der Waals surface area (Å²) >= 11 is 0. The smallest absolute Gasteiger partial charge is 0.276 e. The van der Waals surface area contributed by atoms with Gasteiger partial charge >= 0.3 is 0 Å². The maximum atomic E-state index is 12.6. The van der Waals surface area contributed by atoms with Gasteiger partial charge < -0.3 is 19.0 Å². The van der Waals surface area contributed by atoms with Crippen molar-refractivity contribution in [1.82, 2.24) is 14.9 Å². The molecule has 7 heteroatoms. The summed E-state index contributed by atoms with van der Waals surface area (Å²) in [5.74, 6) is 1.42. The summed E-state index contributed by atoms with van der Waals surface area (Å²) in [6.07, 6.45) is 4.92. The minimum atomic E-state index is -0.0849. The number of nitrogens with zero attached hydrogens (tertiary/aromatic N) is 4. The van der Waals surface area contributed by atoms with Gasteiger partial charge in [0, 0.05) is 33.4 Å². The zero-order valence-electron chi connectivity index (χ0n) is 14.9. The van der Waals surface area contributed by atoms with Gasteiger partial charge in [-0.3, -0.25) is 4.79 Å². The van der Waals surface area contributed by atoms with E-state index in [1.54, 1.807) is 11.8 Å². The first-order valence-electron chi connectivity index (χ1n) is 8.48. The highest BCUT2D eigenvalue weighted by atomic mass is 16.5. The monoisotopic (exact) mass is 344 g/mol. The molecule has 0 radical (unpaired) electrons. The van der Waals surface area contributed by atoms with Crippen molar-refractivity contribution in [1.29, 1.82) is 0 Å². The Labute approximate surface area is 147 Å². The first-order valence-corrected chi connectivity index (χ1v) is 8.48. The van der Waals surface area contributed by atoms with Gasteiger partial charge in [-0.1, -0.05) is 0 Å². The number of ether oxygens (including phenoxy) is 1. The topological polar surface area (TPSA) is 71.7 Å². The average Bonchev–Trinajstić information content (AvgIpc) is 3.06. The van der Waals surface area contributed by atoms with E-state index in [2.05, 4.69) is 16.0 Å². The molecule has 2 aromatic rings. The lowest BCUT2D eigenvalue weighted by Gasteiger charge is -2.32. The number of aryl methyl sites for hydroxylation is 2. The first kappa shape index (κ1) is 17.4. The van der Waals surface area contributed by atoms with Gasteiger partial charge in [-0.05, 0) is 37.5 Å². The molecule has 0 N–H and O–H groups in total. The van der Waals surface area contributed by atoms with Crippen LogP contribution >= 0.6 is 0 Å². The zero-order chi connectivity index (χ0) is 17.8. The fourth-order valence-corrected chi connectivity index (χ4v) is 2.93. The zero-order valence-corrected chi connectivity index (χ0v) is 14.9. The Hall–Kier alpha value is -2.41. The number of aromatic nitrogens is 2. The maximum absolute atomic E-state index is 12.6. The normalized spacial score (nSPS) is 17.6. The van der Waals surface area contributed by atoms with Crippen LogP contribution in [0.5, 0.6) is 0 Å². The van der Waals surface area contributed by atoms with Crippen molar-refractivity contribution in [3.8, 4) is 0 Å². The Bertz CT molecular complexity index is 729. The summed E-state index contributed by atoms with van der Waals surface area (Å²) in [6.45, 7) is 3.47. The van der Waals surface area contributed by atoms with Crippen LogP contribution in [0.25, 0.3) is 0 Å². The van der Waals surface area contributed by atoms with E-state index >= 15 is 0 Å². The van der Waals surface area contributed by atoms with Gasteiger partial charge in [-0.25, -0.2) is 9.97 Å². The molecule has 1 saturated heterocycles. The summed E-state index contributed by atoms with van der Waals surface area (Å²) in [4.78, 5) is 24.7. The number of anilines is 1. The van der Waals surface area contributed by atoms with E-state index in [0.717, 1.165) is 18.7 Å². The van der Waals surface area contributed by atoms with E-state index < -0.39 is 0 Å². The molecule has 0 unspecified atom stereocenters. The van der Waals surface area contributed by atoms with E-state index in [0.29, 0.717) is 31.2 Å². The van der Waals surface area contributed by atoms with Crippen molar-refractivity contribution < 1.29 is 13.9 Å². The number of oxazole rings is 1. The van der Waals surface area contributed by atoms with E-state index in [4.69, 9.17) is 9.15 Å². The Kier molecular flexibility index (Phi) is 5.33. The molecule has 0 aliphatic carbocycles. The summed E-state index contributed by atoms with van der Waals surface area (Å²) in [5, 5.41) is 0. The van der Waals surface area contributed by atoms with Gasteiger partial charge in [0.05, 0.1) is 12.7 Å². The van der Waals surface area contributed by atoms with Crippen molar-refractivity contribution in [3.63, 3.8) is 0 Å². The second-order valence-electron chi connectivity index (χ2n) is 6.46. The molecule has 0 aromatic carbocycles. The van der Waals surface area contributed by atoms with E-state index in [-0.39, 0.29) is 12.0 Å². The van der Waals surface area contributed by atoms with Gasteiger partial charge in [-0.15, -0.1) is 0 Å². The van der Waals surface area contributed by atoms with Gasteiger partial charge in [0.15, 0.2) is 12.1 Å². The summed E-state index contributed by atoms with van der Waals surface area (Å²) in [7, 11) is 3.96. The van der Waals surface area contributed by atoms with Crippen molar-refractivity contribution in [3.05, 3.63) is 41.7 Å². The van der Waals surface area contributed by atoms with Gasteiger partial charge in [-0.2, -0.15) is 0 Å². The van der Waals surface area contributed by atoms with Crippen LogP contribution in [0.2, 0.25) is 0 Å². The average molecular weight is 344 g/mol. The predicted molar refractivity (Wildman–Crippen MR) is 93.8 cm³/mol. The number of rotatable bonds is 5. The number of morpholine rings is 1. The molecule has 134 valence electrons. The van der Waals surface area contributed by atoms with Crippen molar-refractivity contribution in [2.24, 2.45) is 0 Å². The largest absolute Gasteiger partial charge is 0.448 e. The Morgan fingerprint density at radius 1 is 1.40 bits per heavy atom. The van der Waals surface area contributed by atoms with Crippen molar-refractivity contribution in [2.45, 2.75) is 25.9 Å². The lowest BCUT2D eigenvalue weighted by molar-refractivity contribution is -0.0248. The summed E-state index contributed by atoms with van der Waals surface area (Å²) in [6, 6.07) is 4.11. The van der Waals surface area contributed by atoms with E-state index in [9.17, 15) is 4.79 Å². The SMILES string of the molecule is Cc1ocnc1C(=O)N1CCO[C@@H](CCc2ccnc(N(C)C)c2)C1. The Balaban J connectivity index is 1.58. The molecule has 1 fully saturated rings. The Morgan fingerprint density at radius 2 is 2.24 bits per heavy atom. The maximum Gasteiger partial charge on any atom is 0.276 e. The van der Waals surface area contributed by atoms with Gasteiger partial charge in [0.25, 0.3) is 5.91 Å². The van der Waals surface area contributed by atoms with Gasteiger partial charge in [0.2, 0.25) is 0 Å². The molecule has 2 aromatic heterocycles. The number of hydrogen-bond acceptors (Lipinski definition) is 6. The van der Waals surface area contributed by atoms with Crippen LogP contribution in [0.4, 0.5) is 5.82 Å². The summed E-state index contributed by atoms with van der Waals surface area (Å²) < 4.78 is 11.0. The predicted octanol–water partition coefficient (Wildman–Crippen LogP) is 1.92. The highest BCUT2D eigenvalue weighted by molar-refractivity contribution is 5.93. The number of pyridine rings is 1. The van der Waals surface area contributed by atoms with Crippen LogP contribution in [-0.4, -0.2) is 60.7 Å². The summed E-state index contributed by atoms with van der Waals surface area (Å²) in [5.41, 5.74) is 1.61. The molecule has 0 bridgehead atoms. The quantitative estimate of drug-likeness (QED) is 0.825. The van der Waals surface area contributed by atoms with Gasteiger partial charge in [0.1, 0.15) is 11.6 Å². The highest BCUT2D eigenvalue weighted by Gasteiger charge is 2.27. The molecule has 7 nitrogen and oxygen atoms in total.